The van der Waals surface area contributed by atoms with Crippen molar-refractivity contribution < 1.29 is 14.2 Å². The number of H-pyrrole nitrogens is 1. The Bertz CT molecular complexity index is 2010. The second kappa shape index (κ2) is 11.0. The number of ether oxygens (including phenoxy) is 1. The highest BCUT2D eigenvalue weighted by molar-refractivity contribution is 5.84. The fraction of sp³-hybridized carbons (Fsp3) is 0.265. The molecule has 2 aliphatic rings. The molecule has 1 aliphatic carbocycles. The van der Waals surface area contributed by atoms with Crippen molar-refractivity contribution >= 4 is 22.3 Å². The predicted octanol–water partition coefficient (Wildman–Crippen LogP) is 4.99. The number of aromatic nitrogens is 3. The largest absolute Gasteiger partial charge is 0.486 e. The van der Waals surface area contributed by atoms with Crippen molar-refractivity contribution in [2.45, 2.75) is 38.4 Å². The summed E-state index contributed by atoms with van der Waals surface area (Å²) in [7, 11) is 2.03. The van der Waals surface area contributed by atoms with Gasteiger partial charge in [0.25, 0.3) is 11.1 Å². The smallest absolute Gasteiger partial charge is 0.271 e. The average Bonchev–Trinajstić information content (AvgIpc) is 3.84. The molecule has 0 atom stereocenters. The number of likely N-dealkylation sites (N-methyl/N-ethyl adjacent to an activating group) is 1. The molecule has 0 bridgehead atoms. The second-order valence-electron chi connectivity index (χ2n) is 11.7. The van der Waals surface area contributed by atoms with Gasteiger partial charge in [-0.05, 0) is 85.6 Å². The molecule has 4 heterocycles. The van der Waals surface area contributed by atoms with Gasteiger partial charge in [0.15, 0.2) is 0 Å². The van der Waals surface area contributed by atoms with Gasteiger partial charge >= 0.3 is 0 Å². The number of nitrogens with one attached hydrogen (secondary N) is 2. The van der Waals surface area contributed by atoms with Crippen molar-refractivity contribution in [1.82, 2.24) is 19.4 Å². The molecule has 1 saturated heterocycles. The van der Waals surface area contributed by atoms with E-state index in [-0.39, 0.29) is 29.3 Å². The highest BCUT2D eigenvalue weighted by Gasteiger charge is 2.26. The molecule has 5 aromatic rings. The Morgan fingerprint density at radius 2 is 1.91 bits per heavy atom. The fourth-order valence-electron chi connectivity index (χ4n) is 5.98. The quantitative estimate of drug-likeness (QED) is 0.232. The first-order chi connectivity index (χ1) is 21.3. The molecule has 2 fully saturated rings. The SMILES string of the molecule is Cc1[nH]c(=O)c(Nc2ccc(OC3CN(C)C3)cn2)cc1-c1cccc(-n2ccc3cc(C4CC4)cc(F)c3c2=O)c1CO. The summed E-state index contributed by atoms with van der Waals surface area (Å²) in [6.07, 6.45) is 5.45. The first-order valence-corrected chi connectivity index (χ1v) is 14.7. The number of aliphatic hydroxyl groups excluding tert-OH is 1. The molecular formula is C34H32FN5O4. The van der Waals surface area contributed by atoms with E-state index >= 15 is 4.39 Å². The molecule has 9 nitrogen and oxygen atoms in total. The average molecular weight is 594 g/mol. The van der Waals surface area contributed by atoms with Gasteiger partial charge < -0.3 is 20.1 Å². The van der Waals surface area contributed by atoms with E-state index in [1.807, 2.05) is 19.2 Å². The number of hydrogen-bond donors (Lipinski definition) is 3. The third-order valence-corrected chi connectivity index (χ3v) is 8.46. The lowest BCUT2D eigenvalue weighted by Gasteiger charge is -2.35. The minimum Gasteiger partial charge on any atom is -0.486 e. The molecule has 3 aromatic heterocycles. The lowest BCUT2D eigenvalue weighted by molar-refractivity contribution is 0.0386. The summed E-state index contributed by atoms with van der Waals surface area (Å²) in [4.78, 5) is 36.0. The Morgan fingerprint density at radius 3 is 2.61 bits per heavy atom. The molecular weight excluding hydrogens is 561 g/mol. The molecule has 0 amide bonds. The van der Waals surface area contributed by atoms with Crippen LogP contribution in [0.15, 0.2) is 76.6 Å². The van der Waals surface area contributed by atoms with Crippen LogP contribution in [-0.2, 0) is 6.61 Å². The van der Waals surface area contributed by atoms with Gasteiger partial charge in [-0.2, -0.15) is 0 Å². The number of nitrogens with zero attached hydrogens (tertiary/aromatic N) is 3. The van der Waals surface area contributed by atoms with Gasteiger partial charge in [-0.1, -0.05) is 18.2 Å². The van der Waals surface area contributed by atoms with E-state index < -0.39 is 11.4 Å². The van der Waals surface area contributed by atoms with Crippen LogP contribution in [0, 0.1) is 12.7 Å². The number of aliphatic hydroxyl groups is 1. The molecule has 2 aromatic carbocycles. The van der Waals surface area contributed by atoms with Gasteiger partial charge in [-0.25, -0.2) is 9.37 Å². The molecule has 1 aliphatic heterocycles. The Labute approximate surface area is 252 Å². The van der Waals surface area contributed by atoms with Gasteiger partial charge in [0.05, 0.1) is 23.9 Å². The maximum atomic E-state index is 15.2. The van der Waals surface area contributed by atoms with Crippen LogP contribution in [0.2, 0.25) is 0 Å². The van der Waals surface area contributed by atoms with Crippen LogP contribution in [0.5, 0.6) is 5.75 Å². The summed E-state index contributed by atoms with van der Waals surface area (Å²) in [6, 6.07) is 15.7. The number of halogens is 1. The summed E-state index contributed by atoms with van der Waals surface area (Å²) < 4.78 is 22.5. The van der Waals surface area contributed by atoms with E-state index in [1.165, 1.54) is 10.6 Å². The number of aryl methyl sites for hydroxylation is 1. The lowest BCUT2D eigenvalue weighted by Crippen LogP contribution is -2.51. The van der Waals surface area contributed by atoms with E-state index in [4.69, 9.17) is 4.74 Å². The number of anilines is 2. The molecule has 44 heavy (non-hydrogen) atoms. The minimum absolute atomic E-state index is 0.0156. The van der Waals surface area contributed by atoms with Crippen molar-refractivity contribution in [2.24, 2.45) is 0 Å². The van der Waals surface area contributed by atoms with Crippen LogP contribution in [0.3, 0.4) is 0 Å². The molecule has 0 spiro atoms. The zero-order valence-corrected chi connectivity index (χ0v) is 24.4. The zero-order valence-electron chi connectivity index (χ0n) is 24.4. The second-order valence-corrected chi connectivity index (χ2v) is 11.7. The molecule has 1 saturated carbocycles. The van der Waals surface area contributed by atoms with Crippen molar-refractivity contribution in [3.63, 3.8) is 0 Å². The molecule has 7 rings (SSSR count). The highest BCUT2D eigenvalue weighted by Crippen LogP contribution is 2.41. The van der Waals surface area contributed by atoms with Gasteiger partial charge in [0, 0.05) is 36.1 Å². The topological polar surface area (TPSA) is 112 Å². The van der Waals surface area contributed by atoms with Gasteiger partial charge in [-0.3, -0.25) is 19.1 Å². The first-order valence-electron chi connectivity index (χ1n) is 14.7. The Kier molecular flexibility index (Phi) is 7.02. The maximum absolute atomic E-state index is 15.2. The zero-order chi connectivity index (χ0) is 30.5. The Morgan fingerprint density at radius 1 is 1.09 bits per heavy atom. The van der Waals surface area contributed by atoms with Crippen molar-refractivity contribution in [2.75, 3.05) is 25.5 Å². The van der Waals surface area contributed by atoms with Crippen LogP contribution in [0.1, 0.15) is 35.6 Å². The summed E-state index contributed by atoms with van der Waals surface area (Å²) >= 11 is 0. The number of rotatable bonds is 8. The molecule has 3 N–H and O–H groups in total. The van der Waals surface area contributed by atoms with Crippen LogP contribution in [0.4, 0.5) is 15.9 Å². The third-order valence-electron chi connectivity index (χ3n) is 8.46. The standard InChI is InChI=1S/C34H32FN5O4/c1-19-26(14-29(33(42)37-19)38-31-9-8-23(15-36-31)44-24-16-39(2)17-24)25-4-3-5-30(27(25)18-41)40-11-10-21-12-22(20-6-7-20)13-28(35)32(21)34(40)43/h3-5,8-15,20,24,41H,6-7,16-18H2,1-2H3,(H,36,38)(H,37,42). The van der Waals surface area contributed by atoms with Gasteiger partial charge in [0.2, 0.25) is 0 Å². The maximum Gasteiger partial charge on any atom is 0.271 e. The van der Waals surface area contributed by atoms with E-state index in [1.54, 1.807) is 55.7 Å². The van der Waals surface area contributed by atoms with Crippen LogP contribution in [0.25, 0.3) is 27.6 Å². The highest BCUT2D eigenvalue weighted by atomic mass is 19.1. The first kappa shape index (κ1) is 28.0. The fourth-order valence-corrected chi connectivity index (χ4v) is 5.98. The molecule has 10 heteroatoms. The van der Waals surface area contributed by atoms with Crippen molar-refractivity contribution in [3.05, 3.63) is 110 Å². The van der Waals surface area contributed by atoms with Crippen molar-refractivity contribution in [3.8, 4) is 22.6 Å². The van der Waals surface area contributed by atoms with Crippen LogP contribution in [-0.4, -0.2) is 50.8 Å². The minimum atomic E-state index is -0.540. The predicted molar refractivity (Wildman–Crippen MR) is 168 cm³/mol. The molecule has 0 radical (unpaired) electrons. The van der Waals surface area contributed by atoms with E-state index in [0.717, 1.165) is 31.5 Å². The number of likely N-dealkylation sites (tertiary alicyclic amines) is 1. The van der Waals surface area contributed by atoms with Gasteiger partial charge in [-0.15, -0.1) is 0 Å². The monoisotopic (exact) mass is 593 g/mol. The summed E-state index contributed by atoms with van der Waals surface area (Å²) in [5.74, 6) is 0.942. The number of benzene rings is 2. The Balaban J connectivity index is 1.23. The summed E-state index contributed by atoms with van der Waals surface area (Å²) in [5.41, 5.74) is 3.10. The molecule has 224 valence electrons. The number of fused-ring (bicyclic) bond motifs is 1. The van der Waals surface area contributed by atoms with E-state index in [9.17, 15) is 14.7 Å². The summed E-state index contributed by atoms with van der Waals surface area (Å²) in [6.45, 7) is 3.12. The normalized spacial score (nSPS) is 15.4. The number of hydrogen-bond acceptors (Lipinski definition) is 7. The van der Waals surface area contributed by atoms with E-state index in [0.29, 0.717) is 50.9 Å². The third kappa shape index (κ3) is 5.16. The van der Waals surface area contributed by atoms with Crippen molar-refractivity contribution in [1.29, 1.82) is 0 Å². The lowest BCUT2D eigenvalue weighted by atomic mass is 9.96. The Hall–Kier alpha value is -4.80. The number of pyridine rings is 3. The van der Waals surface area contributed by atoms with Gasteiger partial charge in [0.1, 0.15) is 29.2 Å². The van der Waals surface area contributed by atoms with Crippen LogP contribution >= 0.6 is 0 Å². The van der Waals surface area contributed by atoms with Crippen LogP contribution < -0.4 is 21.2 Å². The molecule has 0 unspecified atom stereocenters. The summed E-state index contributed by atoms with van der Waals surface area (Å²) in [5, 5.41) is 14.2. The van der Waals surface area contributed by atoms with E-state index in [2.05, 4.69) is 20.2 Å². The number of aromatic amines is 1.